The number of Topliss-reactive ketones (excluding diaryl/α,β-unsaturated/α-hetero) is 1. The van der Waals surface area contributed by atoms with Crippen LogP contribution in [0.1, 0.15) is 38.4 Å². The van der Waals surface area contributed by atoms with Gasteiger partial charge in [-0.05, 0) is 37.1 Å². The molecule has 0 bridgehead atoms. The fourth-order valence-corrected chi connectivity index (χ4v) is 3.63. The second kappa shape index (κ2) is 9.43. The first-order chi connectivity index (χ1) is 15.1. The van der Waals surface area contributed by atoms with Crippen molar-refractivity contribution in [3.8, 4) is 5.75 Å². The summed E-state index contributed by atoms with van der Waals surface area (Å²) in [6, 6.07) is 27.6. The molecule has 0 fully saturated rings. The first kappa shape index (κ1) is 20.6. The Hall–Kier alpha value is -3.66. The van der Waals surface area contributed by atoms with E-state index in [1.807, 2.05) is 91.3 Å². The van der Waals surface area contributed by atoms with E-state index in [0.717, 1.165) is 28.3 Å². The number of carbonyl (C=O) groups excluding carboxylic acids is 1. The normalized spacial score (nSPS) is 10.8. The smallest absolute Gasteiger partial charge is 0.167 e. The molecule has 0 atom stereocenters. The lowest BCUT2D eigenvalue weighted by Gasteiger charge is -2.08. The second-order valence-corrected chi connectivity index (χ2v) is 7.69. The van der Waals surface area contributed by atoms with Crippen molar-refractivity contribution >= 4 is 5.78 Å². The van der Waals surface area contributed by atoms with Crippen molar-refractivity contribution in [1.29, 1.82) is 0 Å². The predicted octanol–water partition coefficient (Wildman–Crippen LogP) is 5.55. The van der Waals surface area contributed by atoms with Gasteiger partial charge in [0.2, 0.25) is 0 Å². The van der Waals surface area contributed by atoms with Crippen molar-refractivity contribution in [2.45, 2.75) is 33.4 Å². The van der Waals surface area contributed by atoms with Crippen molar-refractivity contribution in [3.05, 3.63) is 119 Å². The first-order valence-electron chi connectivity index (χ1n) is 10.5. The average molecular weight is 411 g/mol. The van der Waals surface area contributed by atoms with Gasteiger partial charge in [0.15, 0.2) is 5.78 Å². The van der Waals surface area contributed by atoms with E-state index in [0.29, 0.717) is 25.1 Å². The monoisotopic (exact) mass is 410 g/mol. The summed E-state index contributed by atoms with van der Waals surface area (Å²) in [6.07, 6.45) is 0.353. The molecule has 0 amide bonds. The molecule has 4 aromatic rings. The van der Waals surface area contributed by atoms with Crippen LogP contribution in [0.2, 0.25) is 0 Å². The van der Waals surface area contributed by atoms with E-state index in [1.54, 1.807) is 0 Å². The SMILES string of the molecule is Cc1nn(Cc2ccccc2)c(C)c1CC(=O)c1ccc(COc2ccccc2)cc1. The van der Waals surface area contributed by atoms with Crippen LogP contribution in [0.25, 0.3) is 0 Å². The minimum absolute atomic E-state index is 0.0981. The third-order valence-electron chi connectivity index (χ3n) is 5.47. The maximum Gasteiger partial charge on any atom is 0.167 e. The summed E-state index contributed by atoms with van der Waals surface area (Å²) < 4.78 is 7.76. The largest absolute Gasteiger partial charge is 0.489 e. The summed E-state index contributed by atoms with van der Waals surface area (Å²) in [5.74, 6) is 0.933. The van der Waals surface area contributed by atoms with Gasteiger partial charge >= 0.3 is 0 Å². The van der Waals surface area contributed by atoms with Crippen LogP contribution >= 0.6 is 0 Å². The fraction of sp³-hybridized carbons (Fsp3) is 0.185. The minimum Gasteiger partial charge on any atom is -0.489 e. The topological polar surface area (TPSA) is 44.1 Å². The Morgan fingerprint density at radius 2 is 1.48 bits per heavy atom. The number of ketones is 1. The van der Waals surface area contributed by atoms with E-state index in [1.165, 1.54) is 5.56 Å². The Balaban J connectivity index is 1.41. The quantitative estimate of drug-likeness (QED) is 0.358. The molecular formula is C27H26N2O2. The van der Waals surface area contributed by atoms with Gasteiger partial charge < -0.3 is 4.74 Å². The van der Waals surface area contributed by atoms with Crippen molar-refractivity contribution < 1.29 is 9.53 Å². The van der Waals surface area contributed by atoms with Crippen LogP contribution in [0, 0.1) is 13.8 Å². The van der Waals surface area contributed by atoms with Crippen molar-refractivity contribution in [1.82, 2.24) is 9.78 Å². The number of ether oxygens (including phenoxy) is 1. The molecule has 3 aromatic carbocycles. The summed E-state index contributed by atoms with van der Waals surface area (Å²) >= 11 is 0. The summed E-state index contributed by atoms with van der Waals surface area (Å²) in [6.45, 7) is 5.19. The van der Waals surface area contributed by atoms with Crippen molar-refractivity contribution in [2.75, 3.05) is 0 Å². The minimum atomic E-state index is 0.0981. The van der Waals surface area contributed by atoms with Crippen LogP contribution in [0.3, 0.4) is 0 Å². The van der Waals surface area contributed by atoms with Crippen LogP contribution < -0.4 is 4.74 Å². The van der Waals surface area contributed by atoms with Gasteiger partial charge in [-0.2, -0.15) is 5.10 Å². The third kappa shape index (κ3) is 5.10. The van der Waals surface area contributed by atoms with Gasteiger partial charge in [-0.3, -0.25) is 9.48 Å². The lowest BCUT2D eigenvalue weighted by molar-refractivity contribution is 0.0992. The lowest BCUT2D eigenvalue weighted by Crippen LogP contribution is -2.07. The summed E-state index contributed by atoms with van der Waals surface area (Å²) in [5, 5.41) is 4.67. The number of benzene rings is 3. The molecule has 0 unspecified atom stereocenters. The number of hydrogen-bond donors (Lipinski definition) is 0. The third-order valence-corrected chi connectivity index (χ3v) is 5.47. The lowest BCUT2D eigenvalue weighted by atomic mass is 10.0. The Morgan fingerprint density at radius 3 is 2.16 bits per heavy atom. The molecule has 0 radical (unpaired) electrons. The summed E-state index contributed by atoms with van der Waals surface area (Å²) in [5.41, 5.74) is 5.90. The molecule has 0 spiro atoms. The number of hydrogen-bond acceptors (Lipinski definition) is 3. The van der Waals surface area contributed by atoms with E-state index < -0.39 is 0 Å². The molecule has 0 saturated heterocycles. The summed E-state index contributed by atoms with van der Waals surface area (Å²) in [7, 11) is 0. The van der Waals surface area contributed by atoms with Gasteiger partial charge in [-0.1, -0.05) is 72.8 Å². The molecule has 0 saturated carbocycles. The van der Waals surface area contributed by atoms with E-state index in [2.05, 4.69) is 17.2 Å². The highest BCUT2D eigenvalue weighted by Gasteiger charge is 2.16. The highest BCUT2D eigenvalue weighted by Crippen LogP contribution is 2.18. The maximum atomic E-state index is 12.9. The molecule has 0 N–H and O–H groups in total. The number of nitrogens with zero attached hydrogens (tertiary/aromatic N) is 2. The Morgan fingerprint density at radius 1 is 0.839 bits per heavy atom. The van der Waals surface area contributed by atoms with Gasteiger partial charge in [0.25, 0.3) is 0 Å². The van der Waals surface area contributed by atoms with Crippen LogP contribution in [0.4, 0.5) is 0 Å². The number of aryl methyl sites for hydroxylation is 1. The molecule has 156 valence electrons. The van der Waals surface area contributed by atoms with Gasteiger partial charge in [-0.25, -0.2) is 0 Å². The average Bonchev–Trinajstić information content (AvgIpc) is 3.06. The number of rotatable bonds is 8. The fourth-order valence-electron chi connectivity index (χ4n) is 3.63. The molecule has 4 heteroatoms. The standard InChI is InChI=1S/C27H26N2O2/c1-20-26(21(2)29(28-20)18-22-9-5-3-6-10-22)17-27(30)24-15-13-23(14-16-24)19-31-25-11-7-4-8-12-25/h3-16H,17-19H2,1-2H3. The Labute approximate surface area is 183 Å². The Bertz CT molecular complexity index is 1150. The highest BCUT2D eigenvalue weighted by atomic mass is 16.5. The molecule has 1 heterocycles. The van der Waals surface area contributed by atoms with Crippen LogP contribution in [0.5, 0.6) is 5.75 Å². The van der Waals surface area contributed by atoms with Crippen molar-refractivity contribution in [3.63, 3.8) is 0 Å². The van der Waals surface area contributed by atoms with Crippen LogP contribution in [0.15, 0.2) is 84.9 Å². The molecular weight excluding hydrogens is 384 g/mol. The second-order valence-electron chi connectivity index (χ2n) is 7.69. The molecule has 31 heavy (non-hydrogen) atoms. The zero-order valence-corrected chi connectivity index (χ0v) is 17.9. The van der Waals surface area contributed by atoms with Crippen molar-refractivity contribution in [2.24, 2.45) is 0 Å². The van der Waals surface area contributed by atoms with E-state index >= 15 is 0 Å². The zero-order chi connectivity index (χ0) is 21.6. The van der Waals surface area contributed by atoms with Crippen LogP contribution in [-0.4, -0.2) is 15.6 Å². The van der Waals surface area contributed by atoms with E-state index in [-0.39, 0.29) is 5.78 Å². The predicted molar refractivity (Wildman–Crippen MR) is 122 cm³/mol. The van der Waals surface area contributed by atoms with E-state index in [4.69, 9.17) is 4.74 Å². The van der Waals surface area contributed by atoms with Gasteiger partial charge in [0.1, 0.15) is 12.4 Å². The molecule has 0 aliphatic rings. The van der Waals surface area contributed by atoms with E-state index in [9.17, 15) is 4.79 Å². The number of carbonyl (C=O) groups is 1. The van der Waals surface area contributed by atoms with Gasteiger partial charge in [0, 0.05) is 23.2 Å². The first-order valence-corrected chi connectivity index (χ1v) is 10.5. The summed E-state index contributed by atoms with van der Waals surface area (Å²) in [4.78, 5) is 12.9. The maximum absolute atomic E-state index is 12.9. The molecule has 0 aliphatic carbocycles. The zero-order valence-electron chi connectivity index (χ0n) is 17.9. The molecule has 4 rings (SSSR count). The molecule has 1 aromatic heterocycles. The molecule has 4 nitrogen and oxygen atoms in total. The van der Waals surface area contributed by atoms with Crippen LogP contribution in [-0.2, 0) is 19.6 Å². The van der Waals surface area contributed by atoms with Gasteiger partial charge in [0.05, 0.1) is 12.2 Å². The molecule has 0 aliphatic heterocycles. The Kier molecular flexibility index (Phi) is 6.27. The van der Waals surface area contributed by atoms with Gasteiger partial charge in [-0.15, -0.1) is 0 Å². The highest BCUT2D eigenvalue weighted by molar-refractivity contribution is 5.97. The number of aromatic nitrogens is 2. The number of para-hydroxylation sites is 1.